The first kappa shape index (κ1) is 21.2. The number of benzene rings is 2. The quantitative estimate of drug-likeness (QED) is 0.698. The van der Waals surface area contributed by atoms with E-state index in [1.807, 2.05) is 0 Å². The van der Waals surface area contributed by atoms with Gasteiger partial charge in [-0.1, -0.05) is 6.07 Å². The van der Waals surface area contributed by atoms with Gasteiger partial charge in [-0.3, -0.25) is 4.79 Å². The molecule has 1 amide bonds. The van der Waals surface area contributed by atoms with Crippen molar-refractivity contribution in [3.8, 4) is 0 Å². The Bertz CT molecular complexity index is 1030. The summed E-state index contributed by atoms with van der Waals surface area (Å²) in [5.74, 6) is -2.59. The third kappa shape index (κ3) is 4.40. The second kappa shape index (κ2) is 7.71. The second-order valence-electron chi connectivity index (χ2n) is 6.35. The number of carbonyl (C=O) groups is 1. The summed E-state index contributed by atoms with van der Waals surface area (Å²) in [6.45, 7) is -0.526. The third-order valence-electron chi connectivity index (χ3n) is 4.49. The molecule has 0 spiro atoms. The summed E-state index contributed by atoms with van der Waals surface area (Å²) in [6.07, 6.45) is -4.68. The maximum atomic E-state index is 13.8. The van der Waals surface area contributed by atoms with Gasteiger partial charge in [0, 0.05) is 32.2 Å². The number of sulfonamides is 1. The molecular weight excluding hydrogens is 419 g/mol. The number of carbonyl (C=O) groups excluding carboxylic acids is 1. The Morgan fingerprint density at radius 1 is 0.931 bits per heavy atom. The van der Waals surface area contributed by atoms with Gasteiger partial charge in [0.2, 0.25) is 10.0 Å². The lowest BCUT2D eigenvalue weighted by Crippen LogP contribution is -2.50. The molecule has 1 fully saturated rings. The Kier molecular flexibility index (Phi) is 5.63. The van der Waals surface area contributed by atoms with Crippen LogP contribution in [0.25, 0.3) is 0 Å². The first-order chi connectivity index (χ1) is 13.5. The number of halogens is 5. The van der Waals surface area contributed by atoms with Gasteiger partial charge in [-0.25, -0.2) is 17.2 Å². The monoisotopic (exact) mass is 434 g/mol. The molecule has 5 nitrogen and oxygen atoms in total. The molecule has 29 heavy (non-hydrogen) atoms. The van der Waals surface area contributed by atoms with Gasteiger partial charge in [0.1, 0.15) is 11.6 Å². The smallest absolute Gasteiger partial charge is 0.336 e. The Morgan fingerprint density at radius 3 is 2.17 bits per heavy atom. The summed E-state index contributed by atoms with van der Waals surface area (Å²) < 4.78 is 91.6. The van der Waals surface area contributed by atoms with Crippen LogP contribution in [-0.2, 0) is 16.2 Å². The SMILES string of the molecule is O=C(c1ccc(F)cc1F)N1CCN(S(=O)(=O)c2cccc(C(F)(F)F)c2)CC1. The molecule has 0 atom stereocenters. The van der Waals surface area contributed by atoms with Crippen molar-refractivity contribution in [3.63, 3.8) is 0 Å². The lowest BCUT2D eigenvalue weighted by atomic mass is 10.1. The van der Waals surface area contributed by atoms with Gasteiger partial charge in [0.25, 0.3) is 5.91 Å². The van der Waals surface area contributed by atoms with Crippen molar-refractivity contribution in [1.82, 2.24) is 9.21 Å². The van der Waals surface area contributed by atoms with E-state index in [-0.39, 0.29) is 31.7 Å². The Hall–Kier alpha value is -2.53. The van der Waals surface area contributed by atoms with E-state index in [4.69, 9.17) is 0 Å². The molecule has 1 heterocycles. The molecule has 0 aromatic heterocycles. The molecule has 2 aromatic rings. The van der Waals surface area contributed by atoms with E-state index in [2.05, 4.69) is 0 Å². The molecule has 0 saturated carbocycles. The predicted octanol–water partition coefficient (Wildman–Crippen LogP) is 3.13. The standard InChI is InChI=1S/C18H15F5N2O3S/c19-13-4-5-15(16(20)11-13)17(26)24-6-8-25(9-7-24)29(27,28)14-3-1-2-12(10-14)18(21,22)23/h1-5,10-11H,6-9H2. The van der Waals surface area contributed by atoms with Gasteiger partial charge >= 0.3 is 6.18 Å². The van der Waals surface area contributed by atoms with Crippen LogP contribution in [0.3, 0.4) is 0 Å². The van der Waals surface area contributed by atoms with Crippen molar-refractivity contribution in [2.45, 2.75) is 11.1 Å². The van der Waals surface area contributed by atoms with Gasteiger partial charge in [-0.15, -0.1) is 0 Å². The highest BCUT2D eigenvalue weighted by atomic mass is 32.2. The second-order valence-corrected chi connectivity index (χ2v) is 8.28. The maximum Gasteiger partial charge on any atom is 0.416 e. The lowest BCUT2D eigenvalue weighted by Gasteiger charge is -2.34. The van der Waals surface area contributed by atoms with E-state index in [0.717, 1.165) is 34.6 Å². The van der Waals surface area contributed by atoms with Crippen LogP contribution in [0.5, 0.6) is 0 Å². The highest BCUT2D eigenvalue weighted by Crippen LogP contribution is 2.31. The van der Waals surface area contributed by atoms with E-state index >= 15 is 0 Å². The minimum atomic E-state index is -4.68. The molecule has 3 rings (SSSR count). The molecule has 0 N–H and O–H groups in total. The molecular formula is C18H15F5N2O3S. The van der Waals surface area contributed by atoms with Crippen molar-refractivity contribution in [1.29, 1.82) is 0 Å². The zero-order chi connectivity index (χ0) is 21.4. The van der Waals surface area contributed by atoms with E-state index in [1.54, 1.807) is 0 Å². The van der Waals surface area contributed by atoms with E-state index in [9.17, 15) is 35.2 Å². The Labute approximate surface area is 163 Å². The number of piperazine rings is 1. The third-order valence-corrected chi connectivity index (χ3v) is 6.38. The lowest BCUT2D eigenvalue weighted by molar-refractivity contribution is -0.137. The largest absolute Gasteiger partial charge is 0.416 e. The normalized spacial score (nSPS) is 16.1. The zero-order valence-electron chi connectivity index (χ0n) is 14.8. The summed E-state index contributed by atoms with van der Waals surface area (Å²) in [5, 5.41) is 0. The van der Waals surface area contributed by atoms with Crippen molar-refractivity contribution in [2.24, 2.45) is 0 Å². The molecule has 1 aliphatic rings. The van der Waals surface area contributed by atoms with Crippen molar-refractivity contribution in [2.75, 3.05) is 26.2 Å². The minimum absolute atomic E-state index is 0.0894. The van der Waals surface area contributed by atoms with Gasteiger partial charge in [-0.2, -0.15) is 17.5 Å². The van der Waals surface area contributed by atoms with Crippen molar-refractivity contribution in [3.05, 3.63) is 65.2 Å². The van der Waals surface area contributed by atoms with Gasteiger partial charge < -0.3 is 4.90 Å². The fourth-order valence-electron chi connectivity index (χ4n) is 2.95. The summed E-state index contributed by atoms with van der Waals surface area (Å²) >= 11 is 0. The average molecular weight is 434 g/mol. The number of alkyl halides is 3. The number of hydrogen-bond acceptors (Lipinski definition) is 3. The fraction of sp³-hybridized carbons (Fsp3) is 0.278. The molecule has 0 radical (unpaired) electrons. The van der Waals surface area contributed by atoms with Gasteiger partial charge in [0.05, 0.1) is 16.0 Å². The number of rotatable bonds is 3. The van der Waals surface area contributed by atoms with Crippen LogP contribution < -0.4 is 0 Å². The molecule has 156 valence electrons. The van der Waals surface area contributed by atoms with Crippen LogP contribution in [0.1, 0.15) is 15.9 Å². The summed E-state index contributed by atoms with van der Waals surface area (Å²) in [7, 11) is -4.20. The van der Waals surface area contributed by atoms with Crippen molar-refractivity contribution < 1.29 is 35.2 Å². The Morgan fingerprint density at radius 2 is 1.59 bits per heavy atom. The van der Waals surface area contributed by atoms with Crippen LogP contribution in [0, 0.1) is 11.6 Å². The first-order valence-electron chi connectivity index (χ1n) is 8.42. The van der Waals surface area contributed by atoms with Crippen LogP contribution >= 0.6 is 0 Å². The summed E-state index contributed by atoms with van der Waals surface area (Å²) in [5.41, 5.74) is -1.43. The first-order valence-corrected chi connectivity index (χ1v) is 9.86. The molecule has 11 heteroatoms. The van der Waals surface area contributed by atoms with Crippen LogP contribution in [-0.4, -0.2) is 49.7 Å². The molecule has 0 unspecified atom stereocenters. The average Bonchev–Trinajstić information content (AvgIpc) is 2.67. The minimum Gasteiger partial charge on any atom is -0.336 e. The number of hydrogen-bond donors (Lipinski definition) is 0. The molecule has 2 aromatic carbocycles. The topological polar surface area (TPSA) is 57.7 Å². The molecule has 1 aliphatic heterocycles. The molecule has 1 saturated heterocycles. The summed E-state index contributed by atoms with van der Waals surface area (Å²) in [6, 6.07) is 5.90. The highest BCUT2D eigenvalue weighted by Gasteiger charge is 2.34. The highest BCUT2D eigenvalue weighted by molar-refractivity contribution is 7.89. The van der Waals surface area contributed by atoms with Crippen LogP contribution in [0.2, 0.25) is 0 Å². The number of amides is 1. The van der Waals surface area contributed by atoms with E-state index in [0.29, 0.717) is 12.1 Å². The van der Waals surface area contributed by atoms with Crippen LogP contribution in [0.4, 0.5) is 22.0 Å². The van der Waals surface area contributed by atoms with Gasteiger partial charge in [-0.05, 0) is 30.3 Å². The Balaban J connectivity index is 1.74. The maximum absolute atomic E-state index is 13.8. The summed E-state index contributed by atoms with van der Waals surface area (Å²) in [4.78, 5) is 13.1. The van der Waals surface area contributed by atoms with E-state index < -0.39 is 44.2 Å². The van der Waals surface area contributed by atoms with Crippen LogP contribution in [0.15, 0.2) is 47.4 Å². The predicted molar refractivity (Wildman–Crippen MR) is 92.5 cm³/mol. The van der Waals surface area contributed by atoms with Crippen molar-refractivity contribution >= 4 is 15.9 Å². The fourth-order valence-corrected chi connectivity index (χ4v) is 4.42. The zero-order valence-corrected chi connectivity index (χ0v) is 15.6. The van der Waals surface area contributed by atoms with Gasteiger partial charge in [0.15, 0.2) is 0 Å². The molecule has 0 aliphatic carbocycles. The van der Waals surface area contributed by atoms with E-state index in [1.165, 1.54) is 4.90 Å². The molecule has 0 bridgehead atoms. The number of nitrogens with zero attached hydrogens (tertiary/aromatic N) is 2.